The Kier molecular flexibility index (Phi) is 6.80. The van der Waals surface area contributed by atoms with E-state index >= 15 is 0 Å². The topological polar surface area (TPSA) is 94.3 Å². The van der Waals surface area contributed by atoms with Crippen LogP contribution in [0.15, 0.2) is 40.4 Å². The lowest BCUT2D eigenvalue weighted by atomic mass is 10.1. The van der Waals surface area contributed by atoms with Crippen molar-refractivity contribution in [3.63, 3.8) is 0 Å². The summed E-state index contributed by atoms with van der Waals surface area (Å²) in [6.07, 6.45) is -3.49. The van der Waals surface area contributed by atoms with Crippen LogP contribution in [0.4, 0.5) is 13.2 Å². The number of aryl methyl sites for hydroxylation is 1. The zero-order chi connectivity index (χ0) is 23.8. The average molecular weight is 525 g/mol. The molecule has 14 heteroatoms. The molecule has 32 heavy (non-hydrogen) atoms. The Morgan fingerprint density at radius 2 is 1.94 bits per heavy atom. The number of nitrogens with zero attached hydrogens (tertiary/aromatic N) is 4. The molecule has 1 aromatic carbocycles. The first kappa shape index (κ1) is 24.4. The number of carbonyl (C=O) groups excluding carboxylic acids is 1. The Morgan fingerprint density at radius 1 is 1.25 bits per heavy atom. The molecule has 0 atom stereocenters. The molecule has 0 aliphatic heterocycles. The van der Waals surface area contributed by atoms with Gasteiger partial charge in [-0.1, -0.05) is 47.5 Å². The average Bonchev–Trinajstić information content (AvgIpc) is 3.08. The molecule has 0 radical (unpaired) electrons. The maximum atomic E-state index is 12.9. The van der Waals surface area contributed by atoms with E-state index in [-0.39, 0.29) is 26.9 Å². The predicted octanol–water partition coefficient (Wildman–Crippen LogP) is 4.40. The molecule has 0 N–H and O–H groups in total. The number of hydrogen-bond donors (Lipinski definition) is 0. The van der Waals surface area contributed by atoms with Crippen LogP contribution in [0.25, 0.3) is 11.1 Å². The molecule has 0 spiro atoms. The molecule has 0 unspecified atom stereocenters. The number of aromatic nitrogens is 3. The van der Waals surface area contributed by atoms with E-state index in [0.29, 0.717) is 16.1 Å². The van der Waals surface area contributed by atoms with Crippen molar-refractivity contribution in [1.82, 2.24) is 14.8 Å². The van der Waals surface area contributed by atoms with E-state index in [1.165, 1.54) is 32.3 Å². The zero-order valence-electron chi connectivity index (χ0n) is 16.3. The van der Waals surface area contributed by atoms with Gasteiger partial charge < -0.3 is 0 Å². The maximum Gasteiger partial charge on any atom is 0.445 e. The molecule has 1 amide bonds. The van der Waals surface area contributed by atoms with Gasteiger partial charge in [0.15, 0.2) is 9.84 Å². The molecule has 7 nitrogen and oxygen atoms in total. The van der Waals surface area contributed by atoms with Gasteiger partial charge in [0.1, 0.15) is 5.69 Å². The molecule has 0 aliphatic carbocycles. The van der Waals surface area contributed by atoms with Gasteiger partial charge in [-0.05, 0) is 18.2 Å². The lowest BCUT2D eigenvalue weighted by Crippen LogP contribution is -2.18. The summed E-state index contributed by atoms with van der Waals surface area (Å²) >= 11 is 12.2. The van der Waals surface area contributed by atoms with Gasteiger partial charge in [0.05, 0.1) is 10.6 Å². The highest BCUT2D eigenvalue weighted by Crippen LogP contribution is 2.32. The Labute approximate surface area is 194 Å². The van der Waals surface area contributed by atoms with Crippen molar-refractivity contribution in [2.45, 2.75) is 18.0 Å². The molecule has 0 bridgehead atoms. The van der Waals surface area contributed by atoms with Gasteiger partial charge >= 0.3 is 6.18 Å². The third-order valence-corrected chi connectivity index (χ3v) is 7.49. The Hall–Kier alpha value is -2.28. The van der Waals surface area contributed by atoms with Crippen molar-refractivity contribution in [1.29, 1.82) is 0 Å². The first-order chi connectivity index (χ1) is 14.8. The van der Waals surface area contributed by atoms with Crippen LogP contribution in [-0.2, 0) is 23.1 Å². The Balaban J connectivity index is 2.16. The van der Waals surface area contributed by atoms with Crippen molar-refractivity contribution < 1.29 is 26.4 Å². The van der Waals surface area contributed by atoms with Crippen LogP contribution < -0.4 is 4.80 Å². The number of rotatable bonds is 4. The highest BCUT2D eigenvalue weighted by molar-refractivity contribution is 7.91. The molecular formula is C18H13Cl2F3N4O3S2. The lowest BCUT2D eigenvalue weighted by molar-refractivity contribution is -0.138. The van der Waals surface area contributed by atoms with Gasteiger partial charge in [0, 0.05) is 34.4 Å². The fraction of sp³-hybridized carbons (Fsp3) is 0.222. The van der Waals surface area contributed by atoms with E-state index in [2.05, 4.69) is 15.1 Å². The molecule has 2 aromatic heterocycles. The molecule has 3 aromatic rings. The smallest absolute Gasteiger partial charge is 0.265 e. The SMILES string of the molecule is CCS(=O)(=O)c1cc(-c2ccc(Cl)cc2Cl)cnc1C(=O)N=c1sc(C(F)(F)F)nn1C. The van der Waals surface area contributed by atoms with Crippen molar-refractivity contribution >= 4 is 50.3 Å². The normalized spacial score (nSPS) is 12.9. The number of benzene rings is 1. The minimum Gasteiger partial charge on any atom is -0.265 e. The van der Waals surface area contributed by atoms with Crippen molar-refractivity contribution in [3.05, 3.63) is 56.0 Å². The minimum atomic E-state index is -4.71. The highest BCUT2D eigenvalue weighted by atomic mass is 35.5. The van der Waals surface area contributed by atoms with Crippen LogP contribution in [0.3, 0.4) is 0 Å². The summed E-state index contributed by atoms with van der Waals surface area (Å²) in [5.41, 5.74) is 0.205. The van der Waals surface area contributed by atoms with E-state index in [1.807, 2.05) is 0 Å². The quantitative estimate of drug-likeness (QED) is 0.503. The first-order valence-electron chi connectivity index (χ1n) is 8.72. The van der Waals surface area contributed by atoms with Gasteiger partial charge in [0.25, 0.3) is 5.91 Å². The fourth-order valence-electron chi connectivity index (χ4n) is 2.57. The van der Waals surface area contributed by atoms with E-state index in [4.69, 9.17) is 23.2 Å². The summed E-state index contributed by atoms with van der Waals surface area (Å²) in [5, 5.41) is 2.69. The number of sulfone groups is 1. The molecular weight excluding hydrogens is 512 g/mol. The summed E-state index contributed by atoms with van der Waals surface area (Å²) in [6.45, 7) is 1.38. The highest BCUT2D eigenvalue weighted by Gasteiger charge is 2.35. The summed E-state index contributed by atoms with van der Waals surface area (Å²) in [4.78, 5) is 19.5. The predicted molar refractivity (Wildman–Crippen MR) is 113 cm³/mol. The first-order valence-corrected chi connectivity index (χ1v) is 11.9. The number of halogens is 5. The summed E-state index contributed by atoms with van der Waals surface area (Å²) in [6, 6.07) is 5.79. The van der Waals surface area contributed by atoms with Gasteiger partial charge in [-0.25, -0.2) is 18.1 Å². The Bertz CT molecular complexity index is 1380. The van der Waals surface area contributed by atoms with Gasteiger partial charge in [-0.15, -0.1) is 0 Å². The zero-order valence-corrected chi connectivity index (χ0v) is 19.5. The molecule has 3 rings (SSSR count). The van der Waals surface area contributed by atoms with E-state index < -0.39 is 37.5 Å². The number of alkyl halides is 3. The van der Waals surface area contributed by atoms with Crippen molar-refractivity contribution in [3.8, 4) is 11.1 Å². The number of amides is 1. The third kappa shape index (κ3) is 5.03. The minimum absolute atomic E-state index is 0.144. The molecule has 2 heterocycles. The lowest BCUT2D eigenvalue weighted by Gasteiger charge is -2.10. The van der Waals surface area contributed by atoms with Gasteiger partial charge in [-0.3, -0.25) is 4.79 Å². The van der Waals surface area contributed by atoms with Crippen LogP contribution >= 0.6 is 34.5 Å². The number of carbonyl (C=O) groups is 1. The molecule has 170 valence electrons. The summed E-state index contributed by atoms with van der Waals surface area (Å²) < 4.78 is 64.7. The van der Waals surface area contributed by atoms with Crippen LogP contribution in [-0.4, -0.2) is 34.8 Å². The standard InChI is InChI=1S/C18H13Cl2F3N4O3S2/c1-3-32(29,30)13-6-9(11-5-4-10(19)7-12(11)20)8-24-14(13)15(28)25-17-27(2)26-16(31-17)18(21,22)23/h4-8H,3H2,1-2H3. The van der Waals surface area contributed by atoms with Crippen molar-refractivity contribution in [2.24, 2.45) is 12.0 Å². The van der Waals surface area contributed by atoms with Crippen molar-refractivity contribution in [2.75, 3.05) is 5.75 Å². The molecule has 0 saturated carbocycles. The molecule has 0 saturated heterocycles. The van der Waals surface area contributed by atoms with Crippen LogP contribution in [0, 0.1) is 0 Å². The third-order valence-electron chi connectivity index (χ3n) is 4.16. The fourth-order valence-corrected chi connectivity index (χ4v) is 4.89. The molecule has 0 aliphatic rings. The monoisotopic (exact) mass is 524 g/mol. The van der Waals surface area contributed by atoms with Gasteiger partial charge in [-0.2, -0.15) is 23.3 Å². The summed E-state index contributed by atoms with van der Waals surface area (Å²) in [7, 11) is -2.78. The van der Waals surface area contributed by atoms with E-state index in [0.717, 1.165) is 4.68 Å². The largest absolute Gasteiger partial charge is 0.445 e. The second-order valence-corrected chi connectivity index (χ2v) is 10.4. The Morgan fingerprint density at radius 3 is 2.50 bits per heavy atom. The number of hydrogen-bond acceptors (Lipinski definition) is 6. The van der Waals surface area contributed by atoms with Crippen LogP contribution in [0.5, 0.6) is 0 Å². The molecule has 0 fully saturated rings. The van der Waals surface area contributed by atoms with E-state index in [1.54, 1.807) is 12.1 Å². The number of pyridine rings is 1. The van der Waals surface area contributed by atoms with E-state index in [9.17, 15) is 26.4 Å². The van der Waals surface area contributed by atoms with Crippen LogP contribution in [0.2, 0.25) is 10.0 Å². The van der Waals surface area contributed by atoms with Crippen LogP contribution in [0.1, 0.15) is 22.4 Å². The van der Waals surface area contributed by atoms with Gasteiger partial charge in [0.2, 0.25) is 9.81 Å². The second-order valence-electron chi connectivity index (χ2n) is 6.33. The second kappa shape index (κ2) is 8.93. The summed E-state index contributed by atoms with van der Waals surface area (Å²) in [5.74, 6) is -1.47. The maximum absolute atomic E-state index is 12.9.